The molecule has 0 fully saturated rings. The molecule has 18 heavy (non-hydrogen) atoms. The van der Waals surface area contributed by atoms with E-state index in [0.29, 0.717) is 5.02 Å². The maximum Gasteiger partial charge on any atom is 0.362 e. The number of nitrogens with one attached hydrogen (secondary N) is 1. The van der Waals surface area contributed by atoms with Gasteiger partial charge in [0, 0.05) is 5.02 Å². The highest BCUT2D eigenvalue weighted by atomic mass is 35.5. The molecule has 7 heteroatoms. The summed E-state index contributed by atoms with van der Waals surface area (Å²) in [6.07, 6.45) is 1.04. The standard InChI is InChI=1S/C11H7ClN2O4/c12-6-1-3-7(4-2-6)18-11(17)9-8(10(15)16)5-13-14-9/h1-5H,(H,13,14)(H,15,16). The van der Waals surface area contributed by atoms with Gasteiger partial charge < -0.3 is 9.84 Å². The van der Waals surface area contributed by atoms with E-state index in [0.717, 1.165) is 6.20 Å². The Labute approximate surface area is 106 Å². The first-order chi connectivity index (χ1) is 8.58. The zero-order chi connectivity index (χ0) is 13.1. The topological polar surface area (TPSA) is 92.3 Å². The highest BCUT2D eigenvalue weighted by Gasteiger charge is 2.20. The van der Waals surface area contributed by atoms with Gasteiger partial charge in [0.1, 0.15) is 11.3 Å². The number of aromatic nitrogens is 2. The van der Waals surface area contributed by atoms with Crippen molar-refractivity contribution in [3.05, 3.63) is 46.7 Å². The number of H-pyrrole nitrogens is 1. The van der Waals surface area contributed by atoms with E-state index in [1.54, 1.807) is 12.1 Å². The van der Waals surface area contributed by atoms with Crippen LogP contribution >= 0.6 is 11.6 Å². The molecule has 0 saturated carbocycles. The van der Waals surface area contributed by atoms with E-state index < -0.39 is 11.9 Å². The summed E-state index contributed by atoms with van der Waals surface area (Å²) in [4.78, 5) is 22.5. The van der Waals surface area contributed by atoms with Crippen molar-refractivity contribution in [3.8, 4) is 5.75 Å². The average Bonchev–Trinajstić information content (AvgIpc) is 2.81. The zero-order valence-corrected chi connectivity index (χ0v) is 9.64. The first-order valence-corrected chi connectivity index (χ1v) is 5.20. The molecule has 0 aliphatic carbocycles. The van der Waals surface area contributed by atoms with Crippen molar-refractivity contribution in [1.82, 2.24) is 10.2 Å². The van der Waals surface area contributed by atoms with Crippen molar-refractivity contribution in [2.45, 2.75) is 0 Å². The number of carbonyl (C=O) groups excluding carboxylic acids is 1. The van der Waals surface area contributed by atoms with Gasteiger partial charge in [-0.25, -0.2) is 9.59 Å². The summed E-state index contributed by atoms with van der Waals surface area (Å²) < 4.78 is 4.97. The fourth-order valence-corrected chi connectivity index (χ4v) is 1.39. The molecule has 2 aromatic rings. The summed E-state index contributed by atoms with van der Waals surface area (Å²) >= 11 is 5.68. The van der Waals surface area contributed by atoms with Crippen LogP contribution in [0.5, 0.6) is 5.75 Å². The number of nitrogens with zero attached hydrogens (tertiary/aromatic N) is 1. The normalized spacial score (nSPS) is 10.1. The highest BCUT2D eigenvalue weighted by Crippen LogP contribution is 2.17. The van der Waals surface area contributed by atoms with Crippen LogP contribution in [0.3, 0.4) is 0 Å². The maximum absolute atomic E-state index is 11.7. The molecule has 0 bridgehead atoms. The van der Waals surface area contributed by atoms with Gasteiger partial charge in [0.2, 0.25) is 0 Å². The Kier molecular flexibility index (Phi) is 3.29. The third-order valence-corrected chi connectivity index (χ3v) is 2.35. The second-order valence-electron chi connectivity index (χ2n) is 3.31. The first kappa shape index (κ1) is 12.1. The predicted molar refractivity (Wildman–Crippen MR) is 62.0 cm³/mol. The van der Waals surface area contributed by atoms with E-state index in [-0.39, 0.29) is 17.0 Å². The van der Waals surface area contributed by atoms with E-state index in [1.165, 1.54) is 12.1 Å². The SMILES string of the molecule is O=C(O)c1cn[nH]c1C(=O)Oc1ccc(Cl)cc1. The second-order valence-corrected chi connectivity index (χ2v) is 3.74. The van der Waals surface area contributed by atoms with Crippen molar-refractivity contribution in [3.63, 3.8) is 0 Å². The summed E-state index contributed by atoms with van der Waals surface area (Å²) in [5.74, 6) is -1.82. The van der Waals surface area contributed by atoms with Crippen LogP contribution in [0.25, 0.3) is 0 Å². The Hall–Kier alpha value is -2.34. The summed E-state index contributed by atoms with van der Waals surface area (Å²) in [7, 11) is 0. The van der Waals surface area contributed by atoms with Gasteiger partial charge in [0.15, 0.2) is 5.69 Å². The smallest absolute Gasteiger partial charge is 0.362 e. The first-order valence-electron chi connectivity index (χ1n) is 4.82. The molecule has 0 amide bonds. The van der Waals surface area contributed by atoms with Crippen molar-refractivity contribution in [2.24, 2.45) is 0 Å². The number of aromatic carboxylic acids is 1. The molecule has 1 aromatic heterocycles. The van der Waals surface area contributed by atoms with Crippen LogP contribution < -0.4 is 4.74 Å². The minimum atomic E-state index is -1.26. The van der Waals surface area contributed by atoms with Gasteiger partial charge >= 0.3 is 11.9 Å². The van der Waals surface area contributed by atoms with Crippen LogP contribution in [0.15, 0.2) is 30.5 Å². The monoisotopic (exact) mass is 266 g/mol. The summed E-state index contributed by atoms with van der Waals surface area (Å²) in [6.45, 7) is 0. The molecular formula is C11H7ClN2O4. The number of aromatic amines is 1. The van der Waals surface area contributed by atoms with Crippen LogP contribution in [0.1, 0.15) is 20.8 Å². The van der Waals surface area contributed by atoms with Crippen LogP contribution in [0.4, 0.5) is 0 Å². The number of ether oxygens (including phenoxy) is 1. The Morgan fingerprint density at radius 2 is 1.94 bits per heavy atom. The van der Waals surface area contributed by atoms with Gasteiger partial charge in [-0.3, -0.25) is 5.10 Å². The maximum atomic E-state index is 11.7. The van der Waals surface area contributed by atoms with Gasteiger partial charge in [-0.15, -0.1) is 0 Å². The summed E-state index contributed by atoms with van der Waals surface area (Å²) in [6, 6.07) is 6.10. The van der Waals surface area contributed by atoms with Gasteiger partial charge in [-0.2, -0.15) is 5.10 Å². The third kappa shape index (κ3) is 2.49. The molecule has 6 nitrogen and oxygen atoms in total. The highest BCUT2D eigenvalue weighted by molar-refractivity contribution is 6.30. The molecule has 0 spiro atoms. The number of hydrogen-bond acceptors (Lipinski definition) is 4. The lowest BCUT2D eigenvalue weighted by Gasteiger charge is -2.03. The van der Waals surface area contributed by atoms with Gasteiger partial charge in [-0.1, -0.05) is 11.6 Å². The van der Waals surface area contributed by atoms with Gasteiger partial charge in [-0.05, 0) is 24.3 Å². The molecule has 0 unspecified atom stereocenters. The molecule has 2 N–H and O–H groups in total. The van der Waals surface area contributed by atoms with E-state index >= 15 is 0 Å². The minimum Gasteiger partial charge on any atom is -0.478 e. The molecule has 2 rings (SSSR count). The number of hydrogen-bond donors (Lipinski definition) is 2. The average molecular weight is 267 g/mol. The van der Waals surface area contributed by atoms with Crippen LogP contribution in [-0.4, -0.2) is 27.2 Å². The van der Waals surface area contributed by atoms with Crippen molar-refractivity contribution in [2.75, 3.05) is 0 Å². The largest absolute Gasteiger partial charge is 0.478 e. The lowest BCUT2D eigenvalue weighted by atomic mass is 10.2. The molecule has 0 aliphatic heterocycles. The van der Waals surface area contributed by atoms with Gasteiger partial charge in [0.25, 0.3) is 0 Å². The van der Waals surface area contributed by atoms with E-state index in [2.05, 4.69) is 10.2 Å². The number of rotatable bonds is 3. The Bertz CT molecular complexity index is 591. The number of carbonyl (C=O) groups is 2. The van der Waals surface area contributed by atoms with Gasteiger partial charge in [0.05, 0.1) is 6.20 Å². The number of esters is 1. The zero-order valence-electron chi connectivity index (χ0n) is 8.88. The Morgan fingerprint density at radius 1 is 1.28 bits per heavy atom. The van der Waals surface area contributed by atoms with Crippen molar-refractivity contribution >= 4 is 23.5 Å². The summed E-state index contributed by atoms with van der Waals surface area (Å²) in [5, 5.41) is 15.1. The predicted octanol–water partition coefficient (Wildman–Crippen LogP) is 1.98. The fourth-order valence-electron chi connectivity index (χ4n) is 1.26. The quantitative estimate of drug-likeness (QED) is 0.654. The minimum absolute atomic E-state index is 0.211. The number of halogens is 1. The lowest BCUT2D eigenvalue weighted by molar-refractivity contribution is 0.0666. The lowest BCUT2D eigenvalue weighted by Crippen LogP contribution is -2.13. The van der Waals surface area contributed by atoms with Crippen molar-refractivity contribution in [1.29, 1.82) is 0 Å². The number of carboxylic acid groups (broad SMARTS) is 1. The molecule has 1 aromatic carbocycles. The Morgan fingerprint density at radius 3 is 2.56 bits per heavy atom. The van der Waals surface area contributed by atoms with Crippen LogP contribution in [-0.2, 0) is 0 Å². The molecule has 1 heterocycles. The second kappa shape index (κ2) is 4.89. The fraction of sp³-hybridized carbons (Fsp3) is 0. The van der Waals surface area contributed by atoms with E-state index in [9.17, 15) is 9.59 Å². The molecule has 92 valence electrons. The molecular weight excluding hydrogens is 260 g/mol. The number of carboxylic acids is 1. The molecule has 0 atom stereocenters. The van der Waals surface area contributed by atoms with Crippen LogP contribution in [0.2, 0.25) is 5.02 Å². The summed E-state index contributed by atoms with van der Waals surface area (Å²) in [5.41, 5.74) is -0.452. The number of benzene rings is 1. The Balaban J connectivity index is 2.19. The third-order valence-electron chi connectivity index (χ3n) is 2.10. The molecule has 0 saturated heterocycles. The molecule has 0 radical (unpaired) electrons. The molecule has 0 aliphatic rings. The van der Waals surface area contributed by atoms with E-state index in [1.807, 2.05) is 0 Å². The van der Waals surface area contributed by atoms with E-state index in [4.69, 9.17) is 21.4 Å². The van der Waals surface area contributed by atoms with Crippen LogP contribution in [0, 0.1) is 0 Å². The van der Waals surface area contributed by atoms with Crippen molar-refractivity contribution < 1.29 is 19.4 Å².